The molecule has 9 nitrogen and oxygen atoms in total. The first-order valence-electron chi connectivity index (χ1n) is 8.69. The molecule has 0 radical (unpaired) electrons. The summed E-state index contributed by atoms with van der Waals surface area (Å²) in [5.41, 5.74) is -0.163. The van der Waals surface area contributed by atoms with Crippen LogP contribution in [0.25, 0.3) is 0 Å². The van der Waals surface area contributed by atoms with Crippen molar-refractivity contribution >= 4 is 29.5 Å². The van der Waals surface area contributed by atoms with E-state index in [1.807, 2.05) is 11.8 Å². The maximum absolute atomic E-state index is 12.9. The topological polar surface area (TPSA) is 125 Å². The van der Waals surface area contributed by atoms with Crippen LogP contribution in [0.3, 0.4) is 0 Å². The highest BCUT2D eigenvalue weighted by molar-refractivity contribution is 6.20. The number of fused-ring (bicyclic) bond motifs is 4. The van der Waals surface area contributed by atoms with E-state index in [1.165, 1.54) is 12.1 Å². The molecule has 142 valence electrons. The molecule has 0 aliphatic carbocycles. The molecule has 0 bridgehead atoms. The van der Waals surface area contributed by atoms with Gasteiger partial charge in [0.15, 0.2) is 5.41 Å². The van der Waals surface area contributed by atoms with E-state index in [2.05, 4.69) is 10.6 Å². The van der Waals surface area contributed by atoms with E-state index in [0.29, 0.717) is 12.1 Å². The molecule has 0 unspecified atom stereocenters. The van der Waals surface area contributed by atoms with Crippen LogP contribution >= 0.6 is 0 Å². The third kappa shape index (κ3) is 2.42. The second-order valence-electron chi connectivity index (χ2n) is 7.28. The van der Waals surface area contributed by atoms with Crippen LogP contribution in [0.4, 0.5) is 10.5 Å². The summed E-state index contributed by atoms with van der Waals surface area (Å²) >= 11 is 0. The Hall–Kier alpha value is -2.94. The zero-order chi connectivity index (χ0) is 19.5. The zero-order valence-corrected chi connectivity index (χ0v) is 14.8. The number of carbonyl (C=O) groups is 4. The number of ether oxygens (including phenoxy) is 1. The standard InChI is InChI=1S/C18H19N3O6/c1-8-7-21-12-4-3-10(14(22)23)5-11(12)6-18(13(21)9(2)27-8)15(24)19-17(26)20-16(18)25/h3-5,8-9,13H,6-7H2,1-2H3,(H,22,23)(H2,19,20,24,25,26)/t8-,9+,13-/m1/s1. The number of carboxylic acids is 1. The number of nitrogens with one attached hydrogen (secondary N) is 2. The Morgan fingerprint density at radius 1 is 1.22 bits per heavy atom. The number of barbiturate groups is 1. The number of hydrogen-bond acceptors (Lipinski definition) is 6. The molecule has 1 aromatic rings. The third-order valence-electron chi connectivity index (χ3n) is 5.56. The smallest absolute Gasteiger partial charge is 0.335 e. The minimum absolute atomic E-state index is 0.0162. The zero-order valence-electron chi connectivity index (χ0n) is 14.8. The van der Waals surface area contributed by atoms with Crippen LogP contribution in [-0.2, 0) is 20.7 Å². The van der Waals surface area contributed by atoms with Crippen LogP contribution in [0.5, 0.6) is 0 Å². The summed E-state index contributed by atoms with van der Waals surface area (Å²) in [6, 6.07) is 3.21. The fourth-order valence-electron chi connectivity index (χ4n) is 4.58. The van der Waals surface area contributed by atoms with Crippen molar-refractivity contribution in [2.45, 2.75) is 38.5 Å². The Morgan fingerprint density at radius 2 is 1.89 bits per heavy atom. The molecule has 27 heavy (non-hydrogen) atoms. The van der Waals surface area contributed by atoms with Crippen LogP contribution in [0.2, 0.25) is 0 Å². The number of rotatable bonds is 1. The molecule has 2 fully saturated rings. The average molecular weight is 373 g/mol. The second-order valence-corrected chi connectivity index (χ2v) is 7.28. The normalized spacial score (nSPS) is 28.9. The highest BCUT2D eigenvalue weighted by atomic mass is 16.5. The first-order chi connectivity index (χ1) is 12.7. The van der Waals surface area contributed by atoms with Crippen molar-refractivity contribution < 1.29 is 29.0 Å². The molecule has 3 heterocycles. The number of urea groups is 1. The van der Waals surface area contributed by atoms with Crippen molar-refractivity contribution in [3.8, 4) is 0 Å². The number of hydrogen-bond donors (Lipinski definition) is 3. The maximum Gasteiger partial charge on any atom is 0.335 e. The molecule has 3 atom stereocenters. The summed E-state index contributed by atoms with van der Waals surface area (Å²) in [7, 11) is 0. The highest BCUT2D eigenvalue weighted by Gasteiger charge is 2.62. The van der Waals surface area contributed by atoms with Crippen molar-refractivity contribution in [3.63, 3.8) is 0 Å². The third-order valence-corrected chi connectivity index (χ3v) is 5.56. The Morgan fingerprint density at radius 3 is 2.52 bits per heavy atom. The van der Waals surface area contributed by atoms with Gasteiger partial charge in [0.05, 0.1) is 23.8 Å². The monoisotopic (exact) mass is 373 g/mol. The van der Waals surface area contributed by atoms with E-state index < -0.39 is 41.4 Å². The fraction of sp³-hybridized carbons (Fsp3) is 0.444. The van der Waals surface area contributed by atoms with Gasteiger partial charge in [-0.15, -0.1) is 0 Å². The van der Waals surface area contributed by atoms with Crippen molar-refractivity contribution in [1.29, 1.82) is 0 Å². The number of anilines is 1. The number of carbonyl (C=O) groups excluding carboxylic acids is 3. The summed E-state index contributed by atoms with van der Waals surface area (Å²) in [6.07, 6.45) is -0.613. The average Bonchev–Trinajstić information content (AvgIpc) is 2.58. The number of morpholine rings is 1. The molecule has 4 amide bonds. The van der Waals surface area contributed by atoms with Gasteiger partial charge >= 0.3 is 12.0 Å². The van der Waals surface area contributed by atoms with Gasteiger partial charge in [0.25, 0.3) is 0 Å². The van der Waals surface area contributed by atoms with Gasteiger partial charge in [-0.1, -0.05) is 0 Å². The lowest BCUT2D eigenvalue weighted by Crippen LogP contribution is -2.75. The van der Waals surface area contributed by atoms with Gasteiger partial charge < -0.3 is 14.7 Å². The molecule has 4 rings (SSSR count). The van der Waals surface area contributed by atoms with Gasteiger partial charge in [-0.25, -0.2) is 9.59 Å². The molecule has 0 saturated carbocycles. The van der Waals surface area contributed by atoms with Crippen molar-refractivity contribution in [1.82, 2.24) is 10.6 Å². The summed E-state index contributed by atoms with van der Waals surface area (Å²) < 4.78 is 5.90. The number of nitrogens with zero attached hydrogens (tertiary/aromatic N) is 1. The van der Waals surface area contributed by atoms with Crippen LogP contribution in [0.1, 0.15) is 29.8 Å². The molecule has 0 aromatic heterocycles. The summed E-state index contributed by atoms with van der Waals surface area (Å²) in [4.78, 5) is 50.7. The number of amides is 4. The fourth-order valence-corrected chi connectivity index (χ4v) is 4.58. The molecule has 1 spiro atoms. The molecular formula is C18H19N3O6. The van der Waals surface area contributed by atoms with Gasteiger partial charge in [-0.2, -0.15) is 0 Å². The quantitative estimate of drug-likeness (QED) is 0.604. The summed E-state index contributed by atoms with van der Waals surface area (Å²) in [5.74, 6) is -2.48. The van der Waals surface area contributed by atoms with Gasteiger partial charge in [0.1, 0.15) is 0 Å². The van der Waals surface area contributed by atoms with Crippen LogP contribution in [0, 0.1) is 5.41 Å². The molecular weight excluding hydrogens is 354 g/mol. The molecule has 3 aliphatic rings. The van der Waals surface area contributed by atoms with Gasteiger partial charge in [-0.05, 0) is 44.0 Å². The van der Waals surface area contributed by atoms with Gasteiger partial charge in [0.2, 0.25) is 11.8 Å². The molecule has 3 N–H and O–H groups in total. The van der Waals surface area contributed by atoms with Gasteiger partial charge in [-0.3, -0.25) is 20.2 Å². The minimum Gasteiger partial charge on any atom is -0.478 e. The Kier molecular flexibility index (Phi) is 3.74. The first-order valence-corrected chi connectivity index (χ1v) is 8.69. The van der Waals surface area contributed by atoms with Crippen molar-refractivity contribution in [2.75, 3.05) is 11.4 Å². The SMILES string of the molecule is C[C@@H]1CN2c3ccc(C(=O)O)cc3CC3(C(=O)NC(=O)NC3=O)[C@H]2[C@H](C)O1. The maximum atomic E-state index is 12.9. The molecule has 9 heteroatoms. The van der Waals surface area contributed by atoms with E-state index in [0.717, 1.165) is 5.69 Å². The lowest BCUT2D eigenvalue weighted by atomic mass is 9.66. The lowest BCUT2D eigenvalue weighted by molar-refractivity contribution is -0.153. The van der Waals surface area contributed by atoms with Crippen LogP contribution < -0.4 is 15.5 Å². The van der Waals surface area contributed by atoms with E-state index in [4.69, 9.17) is 4.74 Å². The number of carboxylic acid groups (broad SMARTS) is 1. The number of benzene rings is 1. The van der Waals surface area contributed by atoms with E-state index >= 15 is 0 Å². The molecule has 3 aliphatic heterocycles. The summed E-state index contributed by atoms with van der Waals surface area (Å²) in [6.45, 7) is 4.12. The first kappa shape index (κ1) is 17.5. The molecule has 2 saturated heterocycles. The van der Waals surface area contributed by atoms with E-state index in [1.54, 1.807) is 13.0 Å². The molecule has 1 aromatic carbocycles. The lowest BCUT2D eigenvalue weighted by Gasteiger charge is -2.55. The number of aromatic carboxylic acids is 1. The Bertz CT molecular complexity index is 862. The Balaban J connectivity index is 1.92. The summed E-state index contributed by atoms with van der Waals surface area (Å²) in [5, 5.41) is 13.7. The highest BCUT2D eigenvalue weighted by Crippen LogP contribution is 2.46. The van der Waals surface area contributed by atoms with Crippen molar-refractivity contribution in [2.24, 2.45) is 5.41 Å². The number of imide groups is 2. The van der Waals surface area contributed by atoms with Gasteiger partial charge in [0, 0.05) is 12.2 Å². The predicted octanol–water partition coefficient (Wildman–Crippen LogP) is 0.276. The largest absolute Gasteiger partial charge is 0.478 e. The Labute approximate surface area is 154 Å². The minimum atomic E-state index is -1.59. The van der Waals surface area contributed by atoms with Crippen LogP contribution in [0.15, 0.2) is 18.2 Å². The predicted molar refractivity (Wildman–Crippen MR) is 92.4 cm³/mol. The second kappa shape index (κ2) is 5.78. The van der Waals surface area contributed by atoms with E-state index in [-0.39, 0.29) is 18.1 Å². The van der Waals surface area contributed by atoms with Crippen LogP contribution in [-0.4, -0.2) is 53.7 Å². The van der Waals surface area contributed by atoms with Crippen molar-refractivity contribution in [3.05, 3.63) is 29.3 Å². The van der Waals surface area contributed by atoms with E-state index in [9.17, 15) is 24.3 Å².